The molecule has 0 saturated carbocycles. The topological polar surface area (TPSA) is 71.1 Å². The summed E-state index contributed by atoms with van der Waals surface area (Å²) in [4.78, 5) is 28.5. The summed E-state index contributed by atoms with van der Waals surface area (Å²) in [5, 5.41) is 8.34. The number of nitrogens with zero attached hydrogens (tertiary/aromatic N) is 1. The Bertz CT molecular complexity index is 756. The number of carbonyl (C=O) groups excluding carboxylic acids is 2. The van der Waals surface area contributed by atoms with Crippen LogP contribution in [0.4, 0.5) is 10.8 Å². The van der Waals surface area contributed by atoms with Gasteiger partial charge in [-0.3, -0.25) is 9.59 Å². The average molecular weight is 396 g/mol. The Balaban J connectivity index is 2.28. The molecule has 0 unspecified atom stereocenters. The van der Waals surface area contributed by atoms with Gasteiger partial charge in [0.25, 0.3) is 5.91 Å². The summed E-state index contributed by atoms with van der Waals surface area (Å²) in [6.07, 6.45) is 0. The van der Waals surface area contributed by atoms with Crippen LogP contribution < -0.4 is 10.6 Å². The highest BCUT2D eigenvalue weighted by Gasteiger charge is 2.18. The fourth-order valence-corrected chi connectivity index (χ4v) is 3.25. The lowest BCUT2D eigenvalue weighted by Crippen LogP contribution is -2.16. The quantitative estimate of drug-likeness (QED) is 0.731. The van der Waals surface area contributed by atoms with Crippen LogP contribution in [0.2, 0.25) is 0 Å². The Morgan fingerprint density at radius 1 is 1.30 bits per heavy atom. The van der Waals surface area contributed by atoms with Crippen LogP contribution in [0.25, 0.3) is 0 Å². The van der Waals surface area contributed by atoms with Crippen molar-refractivity contribution in [3.05, 3.63) is 38.8 Å². The second-order valence-electron chi connectivity index (χ2n) is 5.47. The van der Waals surface area contributed by atoms with E-state index in [-0.39, 0.29) is 17.7 Å². The minimum absolute atomic E-state index is 0.110. The number of amides is 1. The van der Waals surface area contributed by atoms with E-state index in [0.29, 0.717) is 26.5 Å². The molecule has 0 spiro atoms. The number of halogens is 1. The highest BCUT2D eigenvalue weighted by Crippen LogP contribution is 2.31. The Hall–Kier alpha value is -1.73. The van der Waals surface area contributed by atoms with Crippen molar-refractivity contribution in [1.82, 2.24) is 4.98 Å². The third-order valence-corrected chi connectivity index (χ3v) is 4.90. The summed E-state index contributed by atoms with van der Waals surface area (Å²) in [6.45, 7) is 7.38. The molecule has 0 atom stereocenters. The molecule has 0 aliphatic heterocycles. The second-order valence-corrected chi connectivity index (χ2v) is 7.12. The highest BCUT2D eigenvalue weighted by molar-refractivity contribution is 9.10. The molecule has 0 aliphatic rings. The first-order valence-corrected chi connectivity index (χ1v) is 8.80. The zero-order valence-corrected chi connectivity index (χ0v) is 15.8. The van der Waals surface area contributed by atoms with Crippen LogP contribution >= 0.6 is 27.3 Å². The van der Waals surface area contributed by atoms with Gasteiger partial charge in [0.15, 0.2) is 10.9 Å². The van der Waals surface area contributed by atoms with Gasteiger partial charge in [0.2, 0.25) is 0 Å². The minimum Gasteiger partial charge on any atom is -0.359 e. The summed E-state index contributed by atoms with van der Waals surface area (Å²) in [6, 6.07) is 3.79. The Morgan fingerprint density at radius 2 is 2.00 bits per heavy atom. The first-order chi connectivity index (χ1) is 10.8. The van der Waals surface area contributed by atoms with Gasteiger partial charge in [-0.1, -0.05) is 6.07 Å². The Morgan fingerprint density at radius 3 is 2.61 bits per heavy atom. The van der Waals surface area contributed by atoms with E-state index >= 15 is 0 Å². The van der Waals surface area contributed by atoms with Gasteiger partial charge in [0.05, 0.1) is 5.69 Å². The molecule has 2 rings (SSSR count). The molecule has 0 radical (unpaired) electrons. The molecule has 0 bridgehead atoms. The zero-order chi connectivity index (χ0) is 17.1. The van der Waals surface area contributed by atoms with E-state index in [1.165, 1.54) is 18.3 Å². The predicted molar refractivity (Wildman–Crippen MR) is 97.7 cm³/mol. The molecule has 1 aromatic heterocycles. The molecule has 23 heavy (non-hydrogen) atoms. The molecular formula is C16H18BrN3O2S. The molecule has 1 heterocycles. The number of hydrogen-bond acceptors (Lipinski definition) is 5. The lowest BCUT2D eigenvalue weighted by atomic mass is 10.1. The number of ketones is 1. The van der Waals surface area contributed by atoms with Gasteiger partial charge in [0.1, 0.15) is 5.69 Å². The molecule has 1 amide bonds. The lowest BCUT2D eigenvalue weighted by Gasteiger charge is -2.12. The van der Waals surface area contributed by atoms with Gasteiger partial charge in [-0.25, -0.2) is 4.98 Å². The van der Waals surface area contributed by atoms with Crippen molar-refractivity contribution in [2.75, 3.05) is 10.6 Å². The van der Waals surface area contributed by atoms with Gasteiger partial charge in [-0.05, 0) is 55.3 Å². The number of hydrogen-bond donors (Lipinski definition) is 2. The fourth-order valence-electron chi connectivity index (χ4n) is 1.96. The minimum atomic E-state index is -0.341. The normalized spacial score (nSPS) is 10.7. The number of carbonyl (C=O) groups is 2. The van der Waals surface area contributed by atoms with Gasteiger partial charge >= 0.3 is 0 Å². The van der Waals surface area contributed by atoms with Gasteiger partial charge in [-0.15, -0.1) is 11.3 Å². The summed E-state index contributed by atoms with van der Waals surface area (Å²) in [5.41, 5.74) is 2.20. The van der Waals surface area contributed by atoms with Crippen LogP contribution in [-0.4, -0.2) is 22.7 Å². The Kier molecular flexibility index (Phi) is 5.54. The van der Waals surface area contributed by atoms with Crippen LogP contribution in [0.5, 0.6) is 0 Å². The Labute approximate surface area is 147 Å². The maximum atomic E-state index is 12.4. The number of benzene rings is 1. The van der Waals surface area contributed by atoms with E-state index < -0.39 is 0 Å². The summed E-state index contributed by atoms with van der Waals surface area (Å²) in [7, 11) is 0. The molecule has 5 nitrogen and oxygen atoms in total. The van der Waals surface area contributed by atoms with Crippen LogP contribution in [0.15, 0.2) is 22.0 Å². The monoisotopic (exact) mass is 395 g/mol. The lowest BCUT2D eigenvalue weighted by molar-refractivity contribution is 0.101. The molecular weight excluding hydrogens is 378 g/mol. The number of aromatic nitrogens is 1. The number of aryl methyl sites for hydroxylation is 1. The zero-order valence-electron chi connectivity index (χ0n) is 13.4. The van der Waals surface area contributed by atoms with Gasteiger partial charge in [0, 0.05) is 21.5 Å². The number of anilines is 2. The third kappa shape index (κ3) is 4.17. The van der Waals surface area contributed by atoms with Crippen molar-refractivity contribution >= 4 is 49.8 Å². The maximum Gasteiger partial charge on any atom is 0.275 e. The summed E-state index contributed by atoms with van der Waals surface area (Å²) < 4.78 is 0.703. The van der Waals surface area contributed by atoms with Gasteiger partial charge in [-0.2, -0.15) is 0 Å². The predicted octanol–water partition coefficient (Wildman–Crippen LogP) is 4.49. The van der Waals surface area contributed by atoms with Crippen molar-refractivity contribution in [3.63, 3.8) is 0 Å². The average Bonchev–Trinajstić information content (AvgIpc) is 2.91. The maximum absolute atomic E-state index is 12.4. The van der Waals surface area contributed by atoms with Crippen molar-refractivity contribution in [1.29, 1.82) is 0 Å². The van der Waals surface area contributed by atoms with Crippen LogP contribution in [0, 0.1) is 6.92 Å². The first kappa shape index (κ1) is 17.6. The van der Waals surface area contributed by atoms with E-state index in [9.17, 15) is 9.59 Å². The SMILES string of the molecule is CC(=O)c1ccc(C)c(Br)c1NC(=O)c1csc(NC(C)C)n1. The van der Waals surface area contributed by atoms with Crippen molar-refractivity contribution in [2.24, 2.45) is 0 Å². The van der Waals surface area contributed by atoms with E-state index in [2.05, 4.69) is 31.5 Å². The van der Waals surface area contributed by atoms with Gasteiger partial charge < -0.3 is 10.6 Å². The molecule has 0 fully saturated rings. The van der Waals surface area contributed by atoms with Crippen LogP contribution in [0.1, 0.15) is 47.2 Å². The third-order valence-electron chi connectivity index (χ3n) is 3.10. The molecule has 0 saturated heterocycles. The smallest absolute Gasteiger partial charge is 0.275 e. The van der Waals surface area contributed by atoms with E-state index in [1.807, 2.05) is 26.8 Å². The molecule has 0 aliphatic carbocycles. The van der Waals surface area contributed by atoms with Crippen LogP contribution in [0.3, 0.4) is 0 Å². The number of Topliss-reactive ketones (excluding diaryl/α,β-unsaturated/α-hetero) is 1. The number of thiazole rings is 1. The second kappa shape index (κ2) is 7.23. The molecule has 2 N–H and O–H groups in total. The largest absolute Gasteiger partial charge is 0.359 e. The van der Waals surface area contributed by atoms with E-state index in [1.54, 1.807) is 11.4 Å². The van der Waals surface area contributed by atoms with Crippen molar-refractivity contribution in [2.45, 2.75) is 33.7 Å². The van der Waals surface area contributed by atoms with E-state index in [4.69, 9.17) is 0 Å². The number of rotatable bonds is 5. The standard InChI is InChI=1S/C16H18BrN3O2S/c1-8(2)18-16-19-12(7-23-16)15(22)20-14-11(10(4)21)6-5-9(3)13(14)17/h5-8H,1-4H3,(H,18,19)(H,20,22). The fraction of sp³-hybridized carbons (Fsp3) is 0.312. The molecule has 1 aromatic carbocycles. The van der Waals surface area contributed by atoms with E-state index in [0.717, 1.165) is 5.56 Å². The highest BCUT2D eigenvalue weighted by atomic mass is 79.9. The van der Waals surface area contributed by atoms with Crippen molar-refractivity contribution < 1.29 is 9.59 Å². The summed E-state index contributed by atoms with van der Waals surface area (Å²) in [5.74, 6) is -0.451. The molecule has 2 aromatic rings. The number of nitrogens with one attached hydrogen (secondary N) is 2. The first-order valence-electron chi connectivity index (χ1n) is 7.13. The summed E-state index contributed by atoms with van der Waals surface area (Å²) >= 11 is 4.81. The molecule has 122 valence electrons. The molecule has 7 heteroatoms. The van der Waals surface area contributed by atoms with Crippen molar-refractivity contribution in [3.8, 4) is 0 Å². The van der Waals surface area contributed by atoms with Crippen LogP contribution in [-0.2, 0) is 0 Å².